The van der Waals surface area contributed by atoms with E-state index in [1.165, 1.54) is 5.57 Å². The highest BCUT2D eigenvalue weighted by Crippen LogP contribution is 2.20. The molecule has 1 saturated carbocycles. The van der Waals surface area contributed by atoms with Gasteiger partial charge in [-0.05, 0) is 32.4 Å². The Kier molecular flexibility index (Phi) is 2.38. The van der Waals surface area contributed by atoms with Crippen LogP contribution < -0.4 is 0 Å². The van der Waals surface area contributed by atoms with Crippen LogP contribution in [0.3, 0.4) is 0 Å². The molecule has 0 aromatic rings. The van der Waals surface area contributed by atoms with E-state index >= 15 is 0 Å². The molecule has 1 aliphatic rings. The van der Waals surface area contributed by atoms with Crippen molar-refractivity contribution in [2.24, 2.45) is 5.41 Å². The lowest BCUT2D eigenvalue weighted by Gasteiger charge is -2.13. The zero-order valence-corrected chi connectivity index (χ0v) is 7.90. The van der Waals surface area contributed by atoms with Crippen LogP contribution in [0.5, 0.6) is 0 Å². The molecule has 0 unspecified atom stereocenters. The summed E-state index contributed by atoms with van der Waals surface area (Å²) in [5, 5.41) is 0. The molecule has 0 aliphatic heterocycles. The maximum atomic E-state index is 10.6. The van der Waals surface area contributed by atoms with E-state index in [0.717, 1.165) is 0 Å². The van der Waals surface area contributed by atoms with Gasteiger partial charge in [0.05, 0.1) is 0 Å². The van der Waals surface area contributed by atoms with Crippen molar-refractivity contribution >= 4 is 5.78 Å². The Morgan fingerprint density at radius 1 is 1.33 bits per heavy atom. The maximum Gasteiger partial charge on any atom is 0.141 e. The zero-order valence-electron chi connectivity index (χ0n) is 7.90. The molecule has 1 heteroatoms. The fraction of sp³-hybridized carbons (Fsp3) is 0.545. The first-order valence-corrected chi connectivity index (χ1v) is 4.20. The second-order valence-corrected chi connectivity index (χ2v) is 4.21. The van der Waals surface area contributed by atoms with Crippen molar-refractivity contribution < 1.29 is 4.79 Å². The summed E-state index contributed by atoms with van der Waals surface area (Å²) in [4.78, 5) is 10.6. The average molecular weight is 162 g/mol. The summed E-state index contributed by atoms with van der Waals surface area (Å²) in [5.74, 6) is 6.41. The Hall–Kier alpha value is -1.03. The van der Waals surface area contributed by atoms with Crippen molar-refractivity contribution in [1.29, 1.82) is 0 Å². The van der Waals surface area contributed by atoms with Crippen LogP contribution in [-0.4, -0.2) is 5.78 Å². The van der Waals surface area contributed by atoms with Crippen molar-refractivity contribution in [3.8, 4) is 11.8 Å². The number of hydrogen-bond donors (Lipinski definition) is 0. The molecule has 64 valence electrons. The molecule has 0 aromatic heterocycles. The average Bonchev–Trinajstić information content (AvgIpc) is 1.81. The van der Waals surface area contributed by atoms with Crippen molar-refractivity contribution in [2.75, 3.05) is 0 Å². The molecule has 1 nitrogen and oxygen atoms in total. The number of hydrogen-bond acceptors (Lipinski definition) is 1. The number of carbonyl (C=O) groups excluding carboxylic acids is 1. The van der Waals surface area contributed by atoms with Gasteiger partial charge in [0.2, 0.25) is 0 Å². The molecule has 1 fully saturated rings. The minimum Gasteiger partial charge on any atom is -0.299 e. The molecule has 0 radical (unpaired) electrons. The van der Waals surface area contributed by atoms with Gasteiger partial charge < -0.3 is 0 Å². The van der Waals surface area contributed by atoms with Crippen LogP contribution >= 0.6 is 0 Å². The molecular weight excluding hydrogens is 148 g/mol. The fourth-order valence-corrected chi connectivity index (χ4v) is 0.911. The lowest BCUT2D eigenvalue weighted by Crippen LogP contribution is -2.12. The van der Waals surface area contributed by atoms with E-state index in [-0.39, 0.29) is 5.41 Å². The summed E-state index contributed by atoms with van der Waals surface area (Å²) in [6.07, 6.45) is 3.13. The summed E-state index contributed by atoms with van der Waals surface area (Å²) in [6.45, 7) is 6.22. The molecule has 0 saturated heterocycles. The SMILES string of the molecule is CC(C)(C)C#CC=C1CC(=O)C1. The number of rotatable bonds is 0. The number of ketones is 1. The van der Waals surface area contributed by atoms with Crippen LogP contribution in [0.4, 0.5) is 0 Å². The Morgan fingerprint density at radius 3 is 2.33 bits per heavy atom. The van der Waals surface area contributed by atoms with E-state index in [2.05, 4.69) is 32.6 Å². The highest BCUT2D eigenvalue weighted by molar-refractivity contribution is 5.91. The standard InChI is InChI=1S/C11H14O/c1-11(2,3)6-4-5-9-7-10(12)8-9/h5H,7-8H2,1-3H3. The normalized spacial score (nSPS) is 16.2. The monoisotopic (exact) mass is 162 g/mol. The lowest BCUT2D eigenvalue weighted by molar-refractivity contribution is -0.120. The van der Waals surface area contributed by atoms with E-state index < -0.39 is 0 Å². The van der Waals surface area contributed by atoms with E-state index in [0.29, 0.717) is 18.6 Å². The van der Waals surface area contributed by atoms with Gasteiger partial charge in [-0.3, -0.25) is 4.79 Å². The van der Waals surface area contributed by atoms with Gasteiger partial charge in [-0.2, -0.15) is 0 Å². The highest BCUT2D eigenvalue weighted by atomic mass is 16.1. The number of allylic oxidation sites excluding steroid dienone is 2. The van der Waals surface area contributed by atoms with Crippen LogP contribution in [0.15, 0.2) is 11.6 Å². The summed E-state index contributed by atoms with van der Waals surface area (Å²) in [6, 6.07) is 0. The van der Waals surface area contributed by atoms with Crippen LogP contribution in [0.1, 0.15) is 33.6 Å². The van der Waals surface area contributed by atoms with Gasteiger partial charge in [0.15, 0.2) is 0 Å². The van der Waals surface area contributed by atoms with Crippen molar-refractivity contribution in [3.05, 3.63) is 11.6 Å². The Morgan fingerprint density at radius 2 is 1.92 bits per heavy atom. The third-order valence-electron chi connectivity index (χ3n) is 1.57. The molecule has 12 heavy (non-hydrogen) atoms. The van der Waals surface area contributed by atoms with Gasteiger partial charge in [-0.15, -0.1) is 0 Å². The molecule has 0 atom stereocenters. The van der Waals surface area contributed by atoms with Gasteiger partial charge in [0, 0.05) is 18.3 Å². The van der Waals surface area contributed by atoms with Crippen LogP contribution in [0.2, 0.25) is 0 Å². The topological polar surface area (TPSA) is 17.1 Å². The van der Waals surface area contributed by atoms with Crippen LogP contribution in [-0.2, 0) is 4.79 Å². The molecule has 0 bridgehead atoms. The van der Waals surface area contributed by atoms with E-state index in [1.54, 1.807) is 0 Å². The molecule has 1 aliphatic carbocycles. The number of Topliss-reactive ketones (excluding diaryl/α,β-unsaturated/α-hetero) is 1. The zero-order chi connectivity index (χ0) is 9.19. The largest absolute Gasteiger partial charge is 0.299 e. The Labute approximate surface area is 73.9 Å². The first-order valence-electron chi connectivity index (χ1n) is 4.20. The van der Waals surface area contributed by atoms with Crippen molar-refractivity contribution in [2.45, 2.75) is 33.6 Å². The summed E-state index contributed by atoms with van der Waals surface area (Å²) < 4.78 is 0. The van der Waals surface area contributed by atoms with Crippen LogP contribution in [0, 0.1) is 17.3 Å². The minimum atomic E-state index is 0.0603. The first kappa shape index (κ1) is 9.06. The van der Waals surface area contributed by atoms with Gasteiger partial charge in [0.25, 0.3) is 0 Å². The minimum absolute atomic E-state index is 0.0603. The molecule has 0 heterocycles. The van der Waals surface area contributed by atoms with Gasteiger partial charge in [-0.25, -0.2) is 0 Å². The van der Waals surface area contributed by atoms with Crippen molar-refractivity contribution in [3.63, 3.8) is 0 Å². The smallest absolute Gasteiger partial charge is 0.141 e. The van der Waals surface area contributed by atoms with E-state index in [1.807, 2.05) is 6.08 Å². The predicted molar refractivity (Wildman–Crippen MR) is 49.6 cm³/mol. The summed E-state index contributed by atoms with van der Waals surface area (Å²) in [7, 11) is 0. The first-order chi connectivity index (χ1) is 5.47. The number of carbonyl (C=O) groups is 1. The highest BCUT2D eigenvalue weighted by Gasteiger charge is 2.17. The molecule has 0 aromatic carbocycles. The molecular formula is C11H14O. The molecule has 0 N–H and O–H groups in total. The second kappa shape index (κ2) is 3.15. The third-order valence-corrected chi connectivity index (χ3v) is 1.57. The Balaban J connectivity index is 2.47. The molecule has 0 amide bonds. The maximum absolute atomic E-state index is 10.6. The summed E-state index contributed by atoms with van der Waals surface area (Å²) >= 11 is 0. The fourth-order valence-electron chi connectivity index (χ4n) is 0.911. The van der Waals surface area contributed by atoms with Gasteiger partial charge in [0.1, 0.15) is 5.78 Å². The molecule has 0 spiro atoms. The van der Waals surface area contributed by atoms with Gasteiger partial charge >= 0.3 is 0 Å². The predicted octanol–water partition coefficient (Wildman–Crippen LogP) is 2.33. The van der Waals surface area contributed by atoms with E-state index in [9.17, 15) is 4.79 Å². The Bertz CT molecular complexity index is 268. The van der Waals surface area contributed by atoms with Crippen LogP contribution in [0.25, 0.3) is 0 Å². The lowest BCUT2D eigenvalue weighted by atomic mass is 9.90. The molecule has 1 rings (SSSR count). The van der Waals surface area contributed by atoms with E-state index in [4.69, 9.17) is 0 Å². The summed E-state index contributed by atoms with van der Waals surface area (Å²) in [5.41, 5.74) is 1.24. The van der Waals surface area contributed by atoms with Crippen molar-refractivity contribution in [1.82, 2.24) is 0 Å². The quantitative estimate of drug-likeness (QED) is 0.499. The van der Waals surface area contributed by atoms with Gasteiger partial charge in [-0.1, -0.05) is 11.8 Å². The third kappa shape index (κ3) is 2.92. The second-order valence-electron chi connectivity index (χ2n) is 4.21.